The SMILES string of the molecule is O=C(Nc1ccccc1F)c1cc(-c2ccccc2Cl)nn1-c1cccc([N+](=O)[O-])c1. The number of hydrogen-bond acceptors (Lipinski definition) is 4. The summed E-state index contributed by atoms with van der Waals surface area (Å²) in [5.74, 6) is -1.23. The van der Waals surface area contributed by atoms with E-state index in [0.29, 0.717) is 22.0 Å². The van der Waals surface area contributed by atoms with Crippen molar-refractivity contribution in [2.24, 2.45) is 0 Å². The minimum Gasteiger partial charge on any atom is -0.318 e. The molecule has 1 N–H and O–H groups in total. The highest BCUT2D eigenvalue weighted by Gasteiger charge is 2.21. The number of nitro benzene ring substituents is 1. The van der Waals surface area contributed by atoms with Crippen molar-refractivity contribution in [3.8, 4) is 16.9 Å². The van der Waals surface area contributed by atoms with Gasteiger partial charge < -0.3 is 5.32 Å². The smallest absolute Gasteiger partial charge is 0.274 e. The Labute approximate surface area is 180 Å². The highest BCUT2D eigenvalue weighted by atomic mass is 35.5. The Morgan fingerprint density at radius 1 is 1.03 bits per heavy atom. The molecule has 0 radical (unpaired) electrons. The molecule has 1 aromatic heterocycles. The van der Waals surface area contributed by atoms with Crippen molar-refractivity contribution in [2.75, 3.05) is 5.32 Å². The van der Waals surface area contributed by atoms with E-state index in [-0.39, 0.29) is 17.1 Å². The van der Waals surface area contributed by atoms with Crippen LogP contribution in [0.5, 0.6) is 0 Å². The van der Waals surface area contributed by atoms with Gasteiger partial charge >= 0.3 is 0 Å². The lowest BCUT2D eigenvalue weighted by atomic mass is 10.1. The van der Waals surface area contributed by atoms with Crippen LogP contribution in [-0.2, 0) is 0 Å². The van der Waals surface area contributed by atoms with Crippen LogP contribution in [0.15, 0.2) is 78.9 Å². The number of hydrogen-bond donors (Lipinski definition) is 1. The van der Waals surface area contributed by atoms with E-state index in [9.17, 15) is 19.3 Å². The van der Waals surface area contributed by atoms with Crippen molar-refractivity contribution in [1.29, 1.82) is 0 Å². The van der Waals surface area contributed by atoms with Gasteiger partial charge in [0.25, 0.3) is 11.6 Å². The molecule has 0 aliphatic carbocycles. The van der Waals surface area contributed by atoms with Crippen molar-refractivity contribution >= 4 is 28.9 Å². The zero-order valence-electron chi connectivity index (χ0n) is 15.8. The monoisotopic (exact) mass is 436 g/mol. The van der Waals surface area contributed by atoms with E-state index in [0.717, 1.165) is 0 Å². The van der Waals surface area contributed by atoms with Gasteiger partial charge in [-0.05, 0) is 30.3 Å². The molecule has 0 aliphatic heterocycles. The van der Waals surface area contributed by atoms with Gasteiger partial charge in [-0.25, -0.2) is 9.07 Å². The van der Waals surface area contributed by atoms with Gasteiger partial charge in [0, 0.05) is 17.7 Å². The Balaban J connectivity index is 1.83. The molecule has 0 atom stereocenters. The van der Waals surface area contributed by atoms with Gasteiger partial charge in [-0.15, -0.1) is 0 Å². The Kier molecular flexibility index (Phi) is 5.46. The van der Waals surface area contributed by atoms with Crippen molar-refractivity contribution in [1.82, 2.24) is 9.78 Å². The molecule has 31 heavy (non-hydrogen) atoms. The van der Waals surface area contributed by atoms with E-state index < -0.39 is 16.6 Å². The molecule has 0 aliphatic rings. The Hall–Kier alpha value is -4.04. The normalized spacial score (nSPS) is 10.6. The first-order valence-corrected chi connectivity index (χ1v) is 9.47. The molecule has 9 heteroatoms. The third-order valence-corrected chi connectivity index (χ3v) is 4.83. The quantitative estimate of drug-likeness (QED) is 0.330. The number of carbonyl (C=O) groups excluding carboxylic acids is 1. The highest BCUT2D eigenvalue weighted by Crippen LogP contribution is 2.29. The van der Waals surface area contributed by atoms with E-state index in [1.807, 2.05) is 0 Å². The number of amides is 1. The van der Waals surface area contributed by atoms with Gasteiger partial charge in [-0.1, -0.05) is 48.0 Å². The first-order valence-electron chi connectivity index (χ1n) is 9.10. The van der Waals surface area contributed by atoms with Crippen LogP contribution in [0.25, 0.3) is 16.9 Å². The number of nitro groups is 1. The second-order valence-electron chi connectivity index (χ2n) is 6.52. The molecule has 0 spiro atoms. The molecular formula is C22H14ClFN4O3. The molecule has 7 nitrogen and oxygen atoms in total. The molecule has 0 saturated carbocycles. The van der Waals surface area contributed by atoms with Crippen LogP contribution in [0.1, 0.15) is 10.5 Å². The number of nitrogens with zero attached hydrogens (tertiary/aromatic N) is 3. The van der Waals surface area contributed by atoms with Crippen LogP contribution in [0.2, 0.25) is 5.02 Å². The first kappa shape index (κ1) is 20.2. The van der Waals surface area contributed by atoms with Crippen LogP contribution >= 0.6 is 11.6 Å². The summed E-state index contributed by atoms with van der Waals surface area (Å²) in [4.78, 5) is 23.7. The predicted octanol–water partition coefficient (Wildman–Crippen LogP) is 5.49. The number of non-ortho nitro benzene ring substituents is 1. The van der Waals surface area contributed by atoms with Crippen LogP contribution in [0.4, 0.5) is 15.8 Å². The van der Waals surface area contributed by atoms with Gasteiger partial charge in [0.15, 0.2) is 0 Å². The molecule has 0 saturated heterocycles. The number of anilines is 1. The zero-order chi connectivity index (χ0) is 22.0. The maximum Gasteiger partial charge on any atom is 0.274 e. The molecule has 1 amide bonds. The van der Waals surface area contributed by atoms with E-state index in [1.54, 1.807) is 36.4 Å². The van der Waals surface area contributed by atoms with Crippen molar-refractivity contribution in [2.45, 2.75) is 0 Å². The molecule has 0 unspecified atom stereocenters. The van der Waals surface area contributed by atoms with Gasteiger partial charge in [-0.3, -0.25) is 14.9 Å². The Morgan fingerprint density at radius 3 is 2.52 bits per heavy atom. The molecule has 154 valence electrons. The molecule has 3 aromatic carbocycles. The first-order chi connectivity index (χ1) is 14.9. The summed E-state index contributed by atoms with van der Waals surface area (Å²) in [5.41, 5.74) is 1.15. The summed E-state index contributed by atoms with van der Waals surface area (Å²) >= 11 is 6.27. The van der Waals surface area contributed by atoms with Gasteiger partial charge in [0.2, 0.25) is 0 Å². The van der Waals surface area contributed by atoms with E-state index >= 15 is 0 Å². The second kappa shape index (κ2) is 8.37. The van der Waals surface area contributed by atoms with Crippen LogP contribution in [0.3, 0.4) is 0 Å². The minimum absolute atomic E-state index is 0.00131. The third-order valence-electron chi connectivity index (χ3n) is 4.50. The number of nitrogens with one attached hydrogen (secondary N) is 1. The van der Waals surface area contributed by atoms with Crippen molar-refractivity contribution < 1.29 is 14.1 Å². The number of rotatable bonds is 5. The maximum absolute atomic E-state index is 14.0. The number of halogens is 2. The summed E-state index contributed by atoms with van der Waals surface area (Å²) in [6.07, 6.45) is 0. The molecule has 4 rings (SSSR count). The minimum atomic E-state index is -0.637. The van der Waals surface area contributed by atoms with E-state index in [2.05, 4.69) is 10.4 Å². The van der Waals surface area contributed by atoms with Crippen LogP contribution < -0.4 is 5.32 Å². The number of para-hydroxylation sites is 1. The lowest BCUT2D eigenvalue weighted by molar-refractivity contribution is -0.384. The Morgan fingerprint density at radius 2 is 1.77 bits per heavy atom. The molecular weight excluding hydrogens is 423 g/mol. The average Bonchev–Trinajstić information content (AvgIpc) is 3.21. The van der Waals surface area contributed by atoms with Crippen LogP contribution in [-0.4, -0.2) is 20.6 Å². The fourth-order valence-corrected chi connectivity index (χ4v) is 3.26. The Bertz CT molecular complexity index is 1310. The van der Waals surface area contributed by atoms with E-state index in [4.69, 9.17) is 11.6 Å². The zero-order valence-corrected chi connectivity index (χ0v) is 16.6. The van der Waals surface area contributed by atoms with Gasteiger partial charge in [0.1, 0.15) is 11.5 Å². The van der Waals surface area contributed by atoms with E-state index in [1.165, 1.54) is 47.1 Å². The predicted molar refractivity (Wildman–Crippen MR) is 115 cm³/mol. The van der Waals surface area contributed by atoms with Crippen LogP contribution in [0, 0.1) is 15.9 Å². The lowest BCUT2D eigenvalue weighted by Crippen LogP contribution is -2.17. The largest absolute Gasteiger partial charge is 0.318 e. The number of carbonyl (C=O) groups is 1. The fraction of sp³-hybridized carbons (Fsp3) is 0. The number of aromatic nitrogens is 2. The standard InChI is InChI=1S/C22H14ClFN4O3/c23-17-9-2-1-8-16(17)20-13-21(22(29)25-19-11-4-3-10-18(19)24)27(26-20)14-6-5-7-15(12-14)28(30)31/h1-13H,(H,25,29). The summed E-state index contributed by atoms with van der Waals surface area (Å²) in [5, 5.41) is 18.6. The van der Waals surface area contributed by atoms with Gasteiger partial charge in [0.05, 0.1) is 27.0 Å². The lowest BCUT2D eigenvalue weighted by Gasteiger charge is -2.09. The summed E-state index contributed by atoms with van der Waals surface area (Å²) < 4.78 is 15.3. The molecule has 4 aromatic rings. The summed E-state index contributed by atoms with van der Waals surface area (Å²) in [6.45, 7) is 0. The summed E-state index contributed by atoms with van der Waals surface area (Å²) in [6, 6.07) is 19.9. The molecule has 0 fully saturated rings. The topological polar surface area (TPSA) is 90.1 Å². The van der Waals surface area contributed by atoms with Crippen molar-refractivity contribution in [3.05, 3.63) is 106 Å². The van der Waals surface area contributed by atoms with Gasteiger partial charge in [-0.2, -0.15) is 5.10 Å². The second-order valence-corrected chi connectivity index (χ2v) is 6.92. The molecule has 0 bridgehead atoms. The highest BCUT2D eigenvalue weighted by molar-refractivity contribution is 6.33. The maximum atomic E-state index is 14.0. The number of benzene rings is 3. The van der Waals surface area contributed by atoms with Crippen molar-refractivity contribution in [3.63, 3.8) is 0 Å². The third kappa shape index (κ3) is 4.15. The fourth-order valence-electron chi connectivity index (χ4n) is 3.03. The average molecular weight is 437 g/mol. The summed E-state index contributed by atoms with van der Waals surface area (Å²) in [7, 11) is 0. The molecule has 1 heterocycles.